The zero-order valence-electron chi connectivity index (χ0n) is 10.2. The molecule has 5 heteroatoms. The van der Waals surface area contributed by atoms with Crippen LogP contribution in [0.3, 0.4) is 0 Å². The first kappa shape index (κ1) is 13.4. The van der Waals surface area contributed by atoms with Crippen LogP contribution in [0.2, 0.25) is 0 Å². The summed E-state index contributed by atoms with van der Waals surface area (Å²) in [5.41, 5.74) is -0.537. The average Bonchev–Trinajstić information content (AvgIpc) is 2.54. The second-order valence-corrected chi connectivity index (χ2v) is 4.99. The quantitative estimate of drug-likeness (QED) is 0.725. The minimum Gasteiger partial charge on any atom is -0.462 e. The third-order valence-corrected chi connectivity index (χ3v) is 2.44. The molecule has 0 radical (unpaired) electrons. The second-order valence-electron chi connectivity index (χ2n) is 4.99. The lowest BCUT2D eigenvalue weighted by atomic mass is 9.97. The molecule has 0 amide bonds. The summed E-state index contributed by atoms with van der Waals surface area (Å²) in [6.07, 6.45) is -1.13. The fraction of sp³-hybridized carbons (Fsp3) is 0.909. The van der Waals surface area contributed by atoms with Crippen molar-refractivity contribution in [3.05, 3.63) is 0 Å². The molecule has 1 fully saturated rings. The smallest absolute Gasteiger partial charge is 0.311 e. The minimum absolute atomic E-state index is 0.0666. The van der Waals surface area contributed by atoms with Crippen LogP contribution in [-0.2, 0) is 19.0 Å². The summed E-state index contributed by atoms with van der Waals surface area (Å²) < 4.78 is 15.4. The van der Waals surface area contributed by atoms with Crippen molar-refractivity contribution in [2.45, 2.75) is 45.7 Å². The Morgan fingerprint density at radius 2 is 2.12 bits per heavy atom. The number of methoxy groups -OCH3 is 1. The van der Waals surface area contributed by atoms with Gasteiger partial charge in [-0.3, -0.25) is 4.79 Å². The van der Waals surface area contributed by atoms with Gasteiger partial charge in [0.1, 0.15) is 12.7 Å². The maximum Gasteiger partial charge on any atom is 0.311 e. The predicted molar refractivity (Wildman–Crippen MR) is 56.7 cm³/mol. The summed E-state index contributed by atoms with van der Waals surface area (Å²) in [4.78, 5) is 11.5. The Balaban J connectivity index is 2.36. The average molecular weight is 232 g/mol. The fourth-order valence-electron chi connectivity index (χ4n) is 1.37. The molecule has 0 aromatic heterocycles. The molecule has 0 bridgehead atoms. The van der Waals surface area contributed by atoms with Crippen LogP contribution in [-0.4, -0.2) is 43.3 Å². The molecule has 1 rings (SSSR count). The largest absolute Gasteiger partial charge is 0.462 e. The summed E-state index contributed by atoms with van der Waals surface area (Å²) in [6, 6.07) is 0. The molecule has 0 aliphatic carbocycles. The van der Waals surface area contributed by atoms with Gasteiger partial charge in [-0.15, -0.1) is 0 Å². The number of esters is 1. The van der Waals surface area contributed by atoms with Gasteiger partial charge in [-0.05, 0) is 20.8 Å². The Bertz CT molecular complexity index is 245. The Hall–Kier alpha value is -0.650. The van der Waals surface area contributed by atoms with E-state index < -0.39 is 23.9 Å². The summed E-state index contributed by atoms with van der Waals surface area (Å²) in [5, 5.41) is 9.61. The van der Waals surface area contributed by atoms with E-state index in [1.807, 2.05) is 0 Å². The van der Waals surface area contributed by atoms with Crippen molar-refractivity contribution in [2.75, 3.05) is 13.7 Å². The van der Waals surface area contributed by atoms with Crippen LogP contribution in [0.15, 0.2) is 0 Å². The van der Waals surface area contributed by atoms with Crippen LogP contribution >= 0.6 is 0 Å². The highest BCUT2D eigenvalue weighted by Crippen LogP contribution is 2.22. The molecular formula is C11H20O5. The van der Waals surface area contributed by atoms with Crippen molar-refractivity contribution in [3.63, 3.8) is 0 Å². The molecular weight excluding hydrogens is 212 g/mol. The number of hydrogen-bond acceptors (Lipinski definition) is 5. The SMILES string of the molecule is CO[C@H]1C[C@H](O)[C@@H](COC(=O)C(C)(C)C)O1. The molecule has 5 nitrogen and oxygen atoms in total. The van der Waals surface area contributed by atoms with E-state index in [1.165, 1.54) is 7.11 Å². The van der Waals surface area contributed by atoms with Crippen LogP contribution in [0.4, 0.5) is 0 Å². The molecule has 1 saturated heterocycles. The number of rotatable bonds is 3. The van der Waals surface area contributed by atoms with Gasteiger partial charge in [0.25, 0.3) is 0 Å². The topological polar surface area (TPSA) is 65.0 Å². The van der Waals surface area contributed by atoms with Gasteiger partial charge in [0.05, 0.1) is 11.5 Å². The molecule has 0 unspecified atom stereocenters. The van der Waals surface area contributed by atoms with Gasteiger partial charge >= 0.3 is 5.97 Å². The van der Waals surface area contributed by atoms with E-state index in [2.05, 4.69) is 0 Å². The molecule has 16 heavy (non-hydrogen) atoms. The van der Waals surface area contributed by atoms with Gasteiger partial charge in [-0.2, -0.15) is 0 Å². The first-order valence-electron chi connectivity index (χ1n) is 5.38. The van der Waals surface area contributed by atoms with Gasteiger partial charge in [0, 0.05) is 13.5 Å². The van der Waals surface area contributed by atoms with Gasteiger partial charge in [-0.25, -0.2) is 0 Å². The van der Waals surface area contributed by atoms with Crippen molar-refractivity contribution in [3.8, 4) is 0 Å². The van der Waals surface area contributed by atoms with Crippen molar-refractivity contribution in [1.82, 2.24) is 0 Å². The molecule has 0 spiro atoms. The number of ether oxygens (including phenoxy) is 3. The van der Waals surface area contributed by atoms with Gasteiger partial charge in [0.2, 0.25) is 0 Å². The van der Waals surface area contributed by atoms with Gasteiger partial charge in [-0.1, -0.05) is 0 Å². The lowest BCUT2D eigenvalue weighted by Crippen LogP contribution is -2.31. The molecule has 3 atom stereocenters. The summed E-state index contributed by atoms with van der Waals surface area (Å²) in [7, 11) is 1.51. The highest BCUT2D eigenvalue weighted by Gasteiger charge is 2.35. The van der Waals surface area contributed by atoms with E-state index in [4.69, 9.17) is 14.2 Å². The molecule has 0 saturated carbocycles. The normalized spacial score (nSPS) is 30.4. The maximum atomic E-state index is 11.5. The third-order valence-electron chi connectivity index (χ3n) is 2.44. The molecule has 1 N–H and O–H groups in total. The van der Waals surface area contributed by atoms with Gasteiger partial charge in [0.15, 0.2) is 6.29 Å². The Kier molecular flexibility index (Phi) is 4.29. The van der Waals surface area contributed by atoms with E-state index in [1.54, 1.807) is 20.8 Å². The highest BCUT2D eigenvalue weighted by molar-refractivity contribution is 5.75. The number of hydrogen-bond donors (Lipinski definition) is 1. The summed E-state index contributed by atoms with van der Waals surface area (Å²) in [6.45, 7) is 5.40. The van der Waals surface area contributed by atoms with E-state index >= 15 is 0 Å². The second kappa shape index (κ2) is 5.12. The van der Waals surface area contributed by atoms with E-state index in [0.717, 1.165) is 0 Å². The van der Waals surface area contributed by atoms with Gasteiger partial charge < -0.3 is 19.3 Å². The minimum atomic E-state index is -0.641. The van der Waals surface area contributed by atoms with Crippen LogP contribution in [0.5, 0.6) is 0 Å². The van der Waals surface area contributed by atoms with Crippen molar-refractivity contribution < 1.29 is 24.1 Å². The van der Waals surface area contributed by atoms with Crippen molar-refractivity contribution in [2.24, 2.45) is 5.41 Å². The first-order chi connectivity index (χ1) is 7.34. The number of carbonyl (C=O) groups is 1. The monoisotopic (exact) mass is 232 g/mol. The van der Waals surface area contributed by atoms with Crippen LogP contribution < -0.4 is 0 Å². The third kappa shape index (κ3) is 3.43. The van der Waals surface area contributed by atoms with Crippen molar-refractivity contribution in [1.29, 1.82) is 0 Å². The zero-order chi connectivity index (χ0) is 12.3. The predicted octanol–water partition coefficient (Wildman–Crippen LogP) is 0.698. The molecule has 94 valence electrons. The summed E-state index contributed by atoms with van der Waals surface area (Å²) >= 11 is 0. The molecule has 1 aliphatic heterocycles. The van der Waals surface area contributed by atoms with E-state index in [0.29, 0.717) is 6.42 Å². The first-order valence-corrected chi connectivity index (χ1v) is 5.38. The Morgan fingerprint density at radius 1 is 1.50 bits per heavy atom. The molecule has 1 heterocycles. The Labute approximate surface area is 95.7 Å². The van der Waals surface area contributed by atoms with Crippen LogP contribution in [0.25, 0.3) is 0 Å². The lowest BCUT2D eigenvalue weighted by molar-refractivity contribution is -0.165. The molecule has 1 aliphatic rings. The van der Waals surface area contributed by atoms with Crippen LogP contribution in [0.1, 0.15) is 27.2 Å². The van der Waals surface area contributed by atoms with Crippen LogP contribution in [0, 0.1) is 5.41 Å². The zero-order valence-corrected chi connectivity index (χ0v) is 10.2. The molecule has 0 aromatic rings. The number of aliphatic hydroxyl groups is 1. The fourth-order valence-corrected chi connectivity index (χ4v) is 1.37. The number of aliphatic hydroxyl groups excluding tert-OH is 1. The van der Waals surface area contributed by atoms with E-state index in [-0.39, 0.29) is 12.6 Å². The lowest BCUT2D eigenvalue weighted by Gasteiger charge is -2.19. The standard InChI is InChI=1S/C11H20O5/c1-11(2,3)10(13)15-6-8-7(12)5-9(14-4)16-8/h7-9,12H,5-6H2,1-4H3/t7-,8+,9+/m0/s1. The van der Waals surface area contributed by atoms with E-state index in [9.17, 15) is 9.90 Å². The maximum absolute atomic E-state index is 11.5. The number of carbonyl (C=O) groups excluding carboxylic acids is 1. The molecule has 0 aromatic carbocycles. The highest BCUT2D eigenvalue weighted by atomic mass is 16.7. The Morgan fingerprint density at radius 3 is 2.56 bits per heavy atom. The van der Waals surface area contributed by atoms with Crippen molar-refractivity contribution >= 4 is 5.97 Å². The summed E-state index contributed by atoms with van der Waals surface area (Å²) in [5.74, 6) is -0.302.